The molecule has 1 heterocycles. The normalized spacial score (nSPS) is 17.5. The summed E-state index contributed by atoms with van der Waals surface area (Å²) >= 11 is 11.8. The van der Waals surface area contributed by atoms with Crippen molar-refractivity contribution in [2.24, 2.45) is 13.0 Å². The van der Waals surface area contributed by atoms with Gasteiger partial charge >= 0.3 is 5.97 Å². The van der Waals surface area contributed by atoms with Crippen molar-refractivity contribution in [1.82, 2.24) is 4.57 Å². The maximum Gasteiger partial charge on any atom is 0.356 e. The zero-order valence-corrected chi connectivity index (χ0v) is 12.7. The van der Waals surface area contributed by atoms with Crippen LogP contribution in [-0.4, -0.2) is 16.6 Å². The molecular formula is C14H16Cl2N2O2. The van der Waals surface area contributed by atoms with Crippen molar-refractivity contribution >= 4 is 29.2 Å². The third-order valence-corrected chi connectivity index (χ3v) is 4.61. The molecule has 1 aliphatic rings. The molecule has 1 atom stereocenters. The maximum atomic E-state index is 12.1. The summed E-state index contributed by atoms with van der Waals surface area (Å²) in [6.45, 7) is 0. The molecule has 1 fully saturated rings. The van der Waals surface area contributed by atoms with Gasteiger partial charge in [-0.15, -0.1) is 0 Å². The van der Waals surface area contributed by atoms with Gasteiger partial charge in [0.2, 0.25) is 0 Å². The second-order valence-electron chi connectivity index (χ2n) is 5.08. The van der Waals surface area contributed by atoms with Crippen molar-refractivity contribution in [1.29, 1.82) is 5.26 Å². The summed E-state index contributed by atoms with van der Waals surface area (Å²) < 4.78 is 6.80. The molecule has 0 aromatic carbocycles. The van der Waals surface area contributed by atoms with Crippen LogP contribution in [0.3, 0.4) is 0 Å². The minimum Gasteiger partial charge on any atom is -0.442 e. The third-order valence-electron chi connectivity index (χ3n) is 3.76. The van der Waals surface area contributed by atoms with Crippen molar-refractivity contribution in [2.45, 2.75) is 38.2 Å². The van der Waals surface area contributed by atoms with E-state index in [-0.39, 0.29) is 16.8 Å². The van der Waals surface area contributed by atoms with E-state index < -0.39 is 12.1 Å². The largest absolute Gasteiger partial charge is 0.442 e. The van der Waals surface area contributed by atoms with Crippen LogP contribution < -0.4 is 0 Å². The Bertz CT molecular complexity index is 542. The molecule has 0 saturated heterocycles. The smallest absolute Gasteiger partial charge is 0.356 e. The van der Waals surface area contributed by atoms with Crippen LogP contribution in [0.15, 0.2) is 6.07 Å². The van der Waals surface area contributed by atoms with E-state index in [0.717, 1.165) is 25.7 Å². The minimum absolute atomic E-state index is 0.129. The van der Waals surface area contributed by atoms with Crippen LogP contribution >= 0.6 is 23.2 Å². The van der Waals surface area contributed by atoms with Crippen molar-refractivity contribution in [3.63, 3.8) is 0 Å². The van der Waals surface area contributed by atoms with Crippen molar-refractivity contribution in [2.75, 3.05) is 0 Å². The molecule has 0 unspecified atom stereocenters. The zero-order chi connectivity index (χ0) is 14.7. The number of hydrogen-bond acceptors (Lipinski definition) is 3. The van der Waals surface area contributed by atoms with Crippen LogP contribution in [0, 0.1) is 17.2 Å². The molecule has 1 aromatic rings. The second-order valence-corrected chi connectivity index (χ2v) is 5.85. The lowest BCUT2D eigenvalue weighted by atomic mass is 9.85. The van der Waals surface area contributed by atoms with Gasteiger partial charge in [-0.3, -0.25) is 0 Å². The molecular weight excluding hydrogens is 299 g/mol. The SMILES string of the molecule is Cn1c(C(=O)O[C@H](C#N)C2CCCCC2)cc(Cl)c1Cl. The molecule has 2 rings (SSSR count). The van der Waals surface area contributed by atoms with E-state index in [9.17, 15) is 10.1 Å². The maximum absolute atomic E-state index is 12.1. The number of hydrogen-bond donors (Lipinski definition) is 0. The van der Waals surface area contributed by atoms with Crippen LogP contribution in [0.25, 0.3) is 0 Å². The number of carbonyl (C=O) groups is 1. The van der Waals surface area contributed by atoms with Crippen molar-refractivity contribution in [3.05, 3.63) is 21.9 Å². The lowest BCUT2D eigenvalue weighted by molar-refractivity contribution is 0.0236. The molecule has 1 aliphatic carbocycles. The molecule has 108 valence electrons. The third kappa shape index (κ3) is 3.11. The first kappa shape index (κ1) is 15.2. The average molecular weight is 315 g/mol. The Morgan fingerprint density at radius 3 is 2.60 bits per heavy atom. The Morgan fingerprint density at radius 1 is 1.45 bits per heavy atom. The molecule has 0 amide bonds. The number of rotatable bonds is 3. The average Bonchev–Trinajstić information content (AvgIpc) is 2.73. The number of esters is 1. The van der Waals surface area contributed by atoms with E-state index in [0.29, 0.717) is 5.02 Å². The van der Waals surface area contributed by atoms with Crippen LogP contribution in [-0.2, 0) is 11.8 Å². The molecule has 0 aliphatic heterocycles. The summed E-state index contributed by atoms with van der Waals surface area (Å²) in [6.07, 6.45) is 4.52. The van der Waals surface area contributed by atoms with Gasteiger partial charge in [-0.25, -0.2) is 4.79 Å². The predicted octanol–water partition coefficient (Wildman–Crippen LogP) is 3.96. The van der Waals surface area contributed by atoms with Crippen LogP contribution in [0.5, 0.6) is 0 Å². The number of nitriles is 1. The lowest BCUT2D eigenvalue weighted by Crippen LogP contribution is -2.28. The van der Waals surface area contributed by atoms with E-state index in [1.165, 1.54) is 17.1 Å². The fraction of sp³-hybridized carbons (Fsp3) is 0.571. The van der Waals surface area contributed by atoms with Gasteiger partial charge < -0.3 is 9.30 Å². The molecule has 0 bridgehead atoms. The number of aromatic nitrogens is 1. The first-order valence-electron chi connectivity index (χ1n) is 6.66. The quantitative estimate of drug-likeness (QED) is 0.793. The van der Waals surface area contributed by atoms with E-state index in [4.69, 9.17) is 27.9 Å². The highest BCUT2D eigenvalue weighted by molar-refractivity contribution is 6.41. The van der Waals surface area contributed by atoms with Gasteiger partial charge in [-0.2, -0.15) is 5.26 Å². The van der Waals surface area contributed by atoms with E-state index in [1.807, 2.05) is 0 Å². The first-order valence-corrected chi connectivity index (χ1v) is 7.41. The molecule has 0 N–H and O–H groups in total. The Labute approximate surface area is 128 Å². The van der Waals surface area contributed by atoms with Crippen molar-refractivity contribution < 1.29 is 9.53 Å². The Morgan fingerprint density at radius 2 is 2.10 bits per heavy atom. The van der Waals surface area contributed by atoms with E-state index in [1.54, 1.807) is 7.05 Å². The van der Waals surface area contributed by atoms with Crippen molar-refractivity contribution in [3.8, 4) is 6.07 Å². The fourth-order valence-corrected chi connectivity index (χ4v) is 2.95. The Hall–Kier alpha value is -1.18. The molecule has 1 saturated carbocycles. The molecule has 1 aromatic heterocycles. The zero-order valence-electron chi connectivity index (χ0n) is 11.2. The summed E-state index contributed by atoms with van der Waals surface area (Å²) in [6, 6.07) is 3.55. The Kier molecular flexibility index (Phi) is 4.95. The second kappa shape index (κ2) is 6.51. The van der Waals surface area contributed by atoms with Gasteiger partial charge in [0.15, 0.2) is 6.10 Å². The highest BCUT2D eigenvalue weighted by Crippen LogP contribution is 2.29. The van der Waals surface area contributed by atoms with Crippen LogP contribution in [0.1, 0.15) is 42.6 Å². The van der Waals surface area contributed by atoms with E-state index in [2.05, 4.69) is 6.07 Å². The van der Waals surface area contributed by atoms with E-state index >= 15 is 0 Å². The van der Waals surface area contributed by atoms with Gasteiger partial charge in [0, 0.05) is 13.0 Å². The van der Waals surface area contributed by atoms with Gasteiger partial charge in [0.25, 0.3) is 0 Å². The van der Waals surface area contributed by atoms with Crippen LogP contribution in [0.4, 0.5) is 0 Å². The molecule has 0 radical (unpaired) electrons. The molecule has 20 heavy (non-hydrogen) atoms. The summed E-state index contributed by atoms with van der Waals surface area (Å²) in [7, 11) is 1.63. The predicted molar refractivity (Wildman–Crippen MR) is 76.8 cm³/mol. The molecule has 0 spiro atoms. The first-order chi connectivity index (χ1) is 9.54. The lowest BCUT2D eigenvalue weighted by Gasteiger charge is -2.25. The minimum atomic E-state index is -0.699. The fourth-order valence-electron chi connectivity index (χ4n) is 2.58. The summed E-state index contributed by atoms with van der Waals surface area (Å²) in [5.74, 6) is -0.428. The highest BCUT2D eigenvalue weighted by atomic mass is 35.5. The van der Waals surface area contributed by atoms with Gasteiger partial charge in [0.1, 0.15) is 16.9 Å². The highest BCUT2D eigenvalue weighted by Gasteiger charge is 2.28. The summed E-state index contributed by atoms with van der Waals surface area (Å²) in [5.41, 5.74) is 0.260. The van der Waals surface area contributed by atoms with Crippen LogP contribution in [0.2, 0.25) is 10.2 Å². The molecule has 4 nitrogen and oxygen atoms in total. The molecule has 6 heteroatoms. The number of ether oxygens (including phenoxy) is 1. The monoisotopic (exact) mass is 314 g/mol. The Balaban J connectivity index is 2.09. The number of carbonyl (C=O) groups excluding carboxylic acids is 1. The van der Waals surface area contributed by atoms with Gasteiger partial charge in [-0.1, -0.05) is 42.5 Å². The standard InChI is InChI=1S/C14H16Cl2N2O2/c1-18-11(7-10(15)13(18)16)14(19)20-12(8-17)9-5-3-2-4-6-9/h7,9,12H,2-6H2,1H3/t12-/m1/s1. The number of nitrogens with zero attached hydrogens (tertiary/aromatic N) is 2. The topological polar surface area (TPSA) is 55.0 Å². The van der Waals surface area contributed by atoms with Gasteiger partial charge in [0.05, 0.1) is 5.02 Å². The summed E-state index contributed by atoms with van der Waals surface area (Å²) in [4.78, 5) is 12.1. The number of halogens is 2. The van der Waals surface area contributed by atoms with Gasteiger partial charge in [-0.05, 0) is 18.9 Å². The summed E-state index contributed by atoms with van der Waals surface area (Å²) in [5, 5.41) is 9.80.